The van der Waals surface area contributed by atoms with Crippen molar-refractivity contribution in [2.45, 2.75) is 25.7 Å². The summed E-state index contributed by atoms with van der Waals surface area (Å²) in [7, 11) is 1.99. The van der Waals surface area contributed by atoms with Gasteiger partial charge < -0.3 is 14.8 Å². The van der Waals surface area contributed by atoms with Gasteiger partial charge in [0.2, 0.25) is 0 Å². The lowest BCUT2D eigenvalue weighted by Gasteiger charge is -2.09. The zero-order valence-electron chi connectivity index (χ0n) is 10.5. The van der Waals surface area contributed by atoms with Crippen molar-refractivity contribution in [2.75, 3.05) is 26.8 Å². The van der Waals surface area contributed by atoms with Crippen LogP contribution in [0.1, 0.15) is 24.8 Å². The first-order valence-electron chi connectivity index (χ1n) is 6.43. The van der Waals surface area contributed by atoms with Crippen LogP contribution in [0.15, 0.2) is 18.2 Å². The summed E-state index contributed by atoms with van der Waals surface area (Å²) in [6, 6.07) is 6.31. The highest BCUT2D eigenvalue weighted by atomic mass is 16.5. The van der Waals surface area contributed by atoms with Gasteiger partial charge in [-0.25, -0.2) is 0 Å². The first kappa shape index (κ1) is 12.2. The summed E-state index contributed by atoms with van der Waals surface area (Å²) in [4.78, 5) is 0. The van der Waals surface area contributed by atoms with Gasteiger partial charge in [0.25, 0.3) is 0 Å². The van der Waals surface area contributed by atoms with Gasteiger partial charge in [-0.15, -0.1) is 0 Å². The first-order valence-corrected chi connectivity index (χ1v) is 6.43. The van der Waals surface area contributed by atoms with E-state index in [2.05, 4.69) is 17.4 Å². The van der Waals surface area contributed by atoms with Crippen LogP contribution in [0.25, 0.3) is 0 Å². The Morgan fingerprint density at radius 2 is 1.94 bits per heavy atom. The fourth-order valence-electron chi connectivity index (χ4n) is 1.99. The van der Waals surface area contributed by atoms with Crippen LogP contribution in [0.2, 0.25) is 0 Å². The lowest BCUT2D eigenvalue weighted by Crippen LogP contribution is -2.07. The van der Waals surface area contributed by atoms with Crippen LogP contribution in [0.3, 0.4) is 0 Å². The maximum atomic E-state index is 5.68. The standard InChI is InChI=1S/C14H21NO2/c1-15-8-3-2-5-12-6-7-13-14(11-12)17-10-4-9-16-13/h6-7,11,15H,2-5,8-10H2,1H3. The molecular formula is C14H21NO2. The van der Waals surface area contributed by atoms with Gasteiger partial charge in [0.05, 0.1) is 13.2 Å². The third-order valence-corrected chi connectivity index (χ3v) is 2.95. The number of rotatable bonds is 5. The van der Waals surface area contributed by atoms with Crippen LogP contribution < -0.4 is 14.8 Å². The molecular weight excluding hydrogens is 214 g/mol. The molecule has 17 heavy (non-hydrogen) atoms. The van der Waals surface area contributed by atoms with Crippen LogP contribution in [0, 0.1) is 0 Å². The van der Waals surface area contributed by atoms with Crippen LogP contribution in [0.4, 0.5) is 0 Å². The lowest BCUT2D eigenvalue weighted by atomic mass is 10.1. The summed E-state index contributed by atoms with van der Waals surface area (Å²) in [5, 5.41) is 3.17. The molecule has 0 bridgehead atoms. The fraction of sp³-hybridized carbons (Fsp3) is 0.571. The number of hydrogen-bond donors (Lipinski definition) is 1. The Bertz CT molecular complexity index is 352. The van der Waals surface area contributed by atoms with Crippen LogP contribution in [-0.2, 0) is 6.42 Å². The summed E-state index contributed by atoms with van der Waals surface area (Å²) in [5.74, 6) is 1.80. The molecule has 1 aromatic rings. The molecule has 0 unspecified atom stereocenters. The average molecular weight is 235 g/mol. The molecule has 1 heterocycles. The zero-order valence-corrected chi connectivity index (χ0v) is 10.5. The molecule has 0 atom stereocenters. The minimum absolute atomic E-state index is 0.758. The number of aryl methyl sites for hydroxylation is 1. The van der Waals surface area contributed by atoms with Crippen molar-refractivity contribution in [1.29, 1.82) is 0 Å². The molecule has 1 N–H and O–H groups in total. The van der Waals surface area contributed by atoms with Gasteiger partial charge in [-0.05, 0) is 50.6 Å². The van der Waals surface area contributed by atoms with E-state index in [1.165, 1.54) is 18.4 Å². The van der Waals surface area contributed by atoms with E-state index in [9.17, 15) is 0 Å². The molecule has 2 rings (SSSR count). The van der Waals surface area contributed by atoms with E-state index in [1.54, 1.807) is 0 Å². The number of unbranched alkanes of at least 4 members (excludes halogenated alkanes) is 1. The van der Waals surface area contributed by atoms with Gasteiger partial charge in [-0.2, -0.15) is 0 Å². The molecule has 0 radical (unpaired) electrons. The Kier molecular flexibility index (Phi) is 4.68. The van der Waals surface area contributed by atoms with Gasteiger partial charge in [0, 0.05) is 6.42 Å². The molecule has 0 spiro atoms. The summed E-state index contributed by atoms with van der Waals surface area (Å²) < 4.78 is 11.3. The van der Waals surface area contributed by atoms with E-state index in [0.29, 0.717) is 0 Å². The molecule has 0 aliphatic carbocycles. The van der Waals surface area contributed by atoms with E-state index in [1.807, 2.05) is 13.1 Å². The van der Waals surface area contributed by atoms with Crippen LogP contribution >= 0.6 is 0 Å². The van der Waals surface area contributed by atoms with Crippen molar-refractivity contribution in [2.24, 2.45) is 0 Å². The van der Waals surface area contributed by atoms with Crippen molar-refractivity contribution >= 4 is 0 Å². The average Bonchev–Trinajstić information content (AvgIpc) is 2.59. The van der Waals surface area contributed by atoms with E-state index in [-0.39, 0.29) is 0 Å². The van der Waals surface area contributed by atoms with Gasteiger partial charge in [0.15, 0.2) is 11.5 Å². The predicted molar refractivity (Wildman–Crippen MR) is 68.9 cm³/mol. The van der Waals surface area contributed by atoms with Crippen molar-refractivity contribution in [1.82, 2.24) is 5.32 Å². The number of benzene rings is 1. The first-order chi connectivity index (χ1) is 8.40. The topological polar surface area (TPSA) is 30.5 Å². The highest BCUT2D eigenvalue weighted by molar-refractivity contribution is 5.43. The molecule has 0 saturated carbocycles. The highest BCUT2D eigenvalue weighted by Gasteiger charge is 2.10. The molecule has 94 valence electrons. The summed E-state index contributed by atoms with van der Waals surface area (Å²) >= 11 is 0. The second kappa shape index (κ2) is 6.50. The third-order valence-electron chi connectivity index (χ3n) is 2.95. The largest absolute Gasteiger partial charge is 0.490 e. The fourth-order valence-corrected chi connectivity index (χ4v) is 1.99. The monoisotopic (exact) mass is 235 g/mol. The Balaban J connectivity index is 1.93. The quantitative estimate of drug-likeness (QED) is 0.795. The number of nitrogens with one attached hydrogen (secondary N) is 1. The maximum Gasteiger partial charge on any atom is 0.161 e. The van der Waals surface area contributed by atoms with Crippen molar-refractivity contribution in [3.8, 4) is 11.5 Å². The maximum absolute atomic E-state index is 5.68. The summed E-state index contributed by atoms with van der Waals surface area (Å²) in [6.45, 7) is 2.61. The Hall–Kier alpha value is -1.22. The molecule has 0 amide bonds. The smallest absolute Gasteiger partial charge is 0.161 e. The van der Waals surface area contributed by atoms with Crippen LogP contribution in [-0.4, -0.2) is 26.8 Å². The van der Waals surface area contributed by atoms with E-state index >= 15 is 0 Å². The molecule has 0 fully saturated rings. The Morgan fingerprint density at radius 1 is 1.12 bits per heavy atom. The van der Waals surface area contributed by atoms with Crippen LogP contribution in [0.5, 0.6) is 11.5 Å². The second-order valence-corrected chi connectivity index (χ2v) is 4.39. The van der Waals surface area contributed by atoms with Gasteiger partial charge in [-0.1, -0.05) is 6.07 Å². The molecule has 3 heteroatoms. The summed E-state index contributed by atoms with van der Waals surface area (Å²) in [5.41, 5.74) is 1.34. The van der Waals surface area contributed by atoms with Crippen molar-refractivity contribution < 1.29 is 9.47 Å². The Labute approximate surface area is 103 Å². The Morgan fingerprint density at radius 3 is 2.76 bits per heavy atom. The number of hydrogen-bond acceptors (Lipinski definition) is 3. The lowest BCUT2D eigenvalue weighted by molar-refractivity contribution is 0.297. The number of ether oxygens (including phenoxy) is 2. The van der Waals surface area contributed by atoms with E-state index in [0.717, 1.165) is 44.1 Å². The molecule has 0 saturated heterocycles. The summed E-state index contributed by atoms with van der Waals surface area (Å²) in [6.07, 6.45) is 4.50. The molecule has 1 aliphatic heterocycles. The second-order valence-electron chi connectivity index (χ2n) is 4.39. The minimum Gasteiger partial charge on any atom is -0.490 e. The zero-order chi connectivity index (χ0) is 11.9. The third kappa shape index (κ3) is 3.63. The van der Waals surface area contributed by atoms with Gasteiger partial charge in [0.1, 0.15) is 0 Å². The van der Waals surface area contributed by atoms with Crippen molar-refractivity contribution in [3.05, 3.63) is 23.8 Å². The molecule has 1 aromatic carbocycles. The van der Waals surface area contributed by atoms with E-state index in [4.69, 9.17) is 9.47 Å². The molecule has 1 aliphatic rings. The van der Waals surface area contributed by atoms with Gasteiger partial charge >= 0.3 is 0 Å². The molecule has 3 nitrogen and oxygen atoms in total. The molecule has 0 aromatic heterocycles. The number of fused-ring (bicyclic) bond motifs is 1. The SMILES string of the molecule is CNCCCCc1ccc2c(c1)OCCCO2. The van der Waals surface area contributed by atoms with Gasteiger partial charge in [-0.3, -0.25) is 0 Å². The normalized spacial score (nSPS) is 14.4. The van der Waals surface area contributed by atoms with E-state index < -0.39 is 0 Å². The predicted octanol–water partition coefficient (Wildman–Crippen LogP) is 2.39. The highest BCUT2D eigenvalue weighted by Crippen LogP contribution is 2.30. The van der Waals surface area contributed by atoms with Crippen molar-refractivity contribution in [3.63, 3.8) is 0 Å². The minimum atomic E-state index is 0.758.